The summed E-state index contributed by atoms with van der Waals surface area (Å²) >= 11 is 0. The number of hydrogen-bond acceptors (Lipinski definition) is 5. The molecule has 0 bridgehead atoms. The molecular formula is C15H25N3O3. The van der Waals surface area contributed by atoms with Crippen molar-refractivity contribution < 1.29 is 14.3 Å². The third kappa shape index (κ3) is 7.06. The van der Waals surface area contributed by atoms with Gasteiger partial charge in [0, 0.05) is 26.7 Å². The van der Waals surface area contributed by atoms with Gasteiger partial charge in [-0.3, -0.25) is 9.78 Å². The zero-order valence-electron chi connectivity index (χ0n) is 13.0. The lowest BCUT2D eigenvalue weighted by Crippen LogP contribution is -2.36. The Morgan fingerprint density at radius 2 is 2.19 bits per heavy atom. The summed E-state index contributed by atoms with van der Waals surface area (Å²) in [5, 5.41) is 6.01. The monoisotopic (exact) mass is 295 g/mol. The third-order valence-corrected chi connectivity index (χ3v) is 2.82. The van der Waals surface area contributed by atoms with Crippen LogP contribution in [0, 0.1) is 0 Å². The lowest BCUT2D eigenvalue weighted by molar-refractivity contribution is -0.127. The van der Waals surface area contributed by atoms with Crippen molar-refractivity contribution in [2.75, 3.05) is 26.8 Å². The van der Waals surface area contributed by atoms with Gasteiger partial charge in [-0.05, 0) is 25.5 Å². The molecule has 0 aliphatic rings. The summed E-state index contributed by atoms with van der Waals surface area (Å²) in [4.78, 5) is 16.0. The highest BCUT2D eigenvalue weighted by Gasteiger charge is 2.13. The molecule has 0 saturated carbocycles. The van der Waals surface area contributed by atoms with Crippen molar-refractivity contribution >= 4 is 5.91 Å². The fourth-order valence-corrected chi connectivity index (χ4v) is 1.63. The number of methoxy groups -OCH3 is 1. The molecule has 0 aromatic carbocycles. The van der Waals surface area contributed by atoms with Gasteiger partial charge in [-0.1, -0.05) is 6.92 Å². The zero-order chi connectivity index (χ0) is 15.5. The van der Waals surface area contributed by atoms with E-state index in [9.17, 15) is 4.79 Å². The smallest absolute Gasteiger partial charge is 0.260 e. The van der Waals surface area contributed by atoms with Crippen LogP contribution in [0.4, 0.5) is 0 Å². The molecule has 1 aromatic rings. The molecule has 1 aromatic heterocycles. The van der Waals surface area contributed by atoms with Crippen LogP contribution in [-0.4, -0.2) is 43.8 Å². The highest BCUT2D eigenvalue weighted by Crippen LogP contribution is 2.11. The minimum atomic E-state index is -0.524. The molecule has 1 rings (SSSR count). The van der Waals surface area contributed by atoms with E-state index in [1.165, 1.54) is 0 Å². The maximum absolute atomic E-state index is 11.7. The Hall–Kier alpha value is -1.66. The van der Waals surface area contributed by atoms with Crippen LogP contribution in [0.1, 0.15) is 26.0 Å². The Morgan fingerprint density at radius 3 is 2.81 bits per heavy atom. The average Bonchev–Trinajstić information content (AvgIpc) is 2.50. The number of hydrogen-bond donors (Lipinski definition) is 2. The molecule has 1 heterocycles. The van der Waals surface area contributed by atoms with Crippen LogP contribution in [0.3, 0.4) is 0 Å². The number of rotatable bonds is 10. The molecule has 1 unspecified atom stereocenters. The SMILES string of the molecule is CCCNC(=O)C(C)Oc1ccc(CNCCOC)nc1. The van der Waals surface area contributed by atoms with Crippen molar-refractivity contribution in [1.29, 1.82) is 0 Å². The Balaban J connectivity index is 2.37. The van der Waals surface area contributed by atoms with Gasteiger partial charge in [-0.2, -0.15) is 0 Å². The van der Waals surface area contributed by atoms with Gasteiger partial charge < -0.3 is 20.1 Å². The second-order valence-electron chi connectivity index (χ2n) is 4.71. The predicted molar refractivity (Wildman–Crippen MR) is 81.2 cm³/mol. The highest BCUT2D eigenvalue weighted by molar-refractivity contribution is 5.80. The van der Waals surface area contributed by atoms with Crippen molar-refractivity contribution in [1.82, 2.24) is 15.6 Å². The third-order valence-electron chi connectivity index (χ3n) is 2.82. The Bertz CT molecular complexity index is 409. The van der Waals surface area contributed by atoms with Gasteiger partial charge >= 0.3 is 0 Å². The molecule has 118 valence electrons. The van der Waals surface area contributed by atoms with E-state index in [1.807, 2.05) is 19.1 Å². The lowest BCUT2D eigenvalue weighted by Gasteiger charge is -2.14. The number of nitrogens with zero attached hydrogens (tertiary/aromatic N) is 1. The van der Waals surface area contributed by atoms with Crippen LogP contribution >= 0.6 is 0 Å². The average molecular weight is 295 g/mol. The lowest BCUT2D eigenvalue weighted by atomic mass is 10.3. The van der Waals surface area contributed by atoms with Gasteiger partial charge in [0.2, 0.25) is 0 Å². The van der Waals surface area contributed by atoms with E-state index >= 15 is 0 Å². The standard InChI is InChI=1S/C15H25N3O3/c1-4-7-17-15(19)12(2)21-14-6-5-13(18-11-14)10-16-8-9-20-3/h5-6,11-12,16H,4,7-10H2,1-3H3,(H,17,19). The molecule has 0 saturated heterocycles. The van der Waals surface area contributed by atoms with E-state index in [4.69, 9.17) is 9.47 Å². The molecule has 0 spiro atoms. The quantitative estimate of drug-likeness (QED) is 0.633. The molecule has 0 aliphatic carbocycles. The van der Waals surface area contributed by atoms with Gasteiger partial charge in [-0.25, -0.2) is 0 Å². The summed E-state index contributed by atoms with van der Waals surface area (Å²) in [7, 11) is 1.67. The highest BCUT2D eigenvalue weighted by atomic mass is 16.5. The first-order chi connectivity index (χ1) is 10.2. The number of ether oxygens (including phenoxy) is 2. The first-order valence-corrected chi connectivity index (χ1v) is 7.26. The zero-order valence-corrected chi connectivity index (χ0v) is 13.0. The molecule has 0 aliphatic heterocycles. The van der Waals surface area contributed by atoms with Crippen LogP contribution in [0.25, 0.3) is 0 Å². The van der Waals surface area contributed by atoms with Gasteiger partial charge in [0.25, 0.3) is 5.91 Å². The maximum atomic E-state index is 11.7. The molecule has 0 radical (unpaired) electrons. The Morgan fingerprint density at radius 1 is 1.38 bits per heavy atom. The number of carbonyl (C=O) groups is 1. The van der Waals surface area contributed by atoms with E-state index in [0.717, 1.165) is 18.7 Å². The summed E-state index contributed by atoms with van der Waals surface area (Å²) in [5.74, 6) is 0.483. The largest absolute Gasteiger partial charge is 0.479 e. The van der Waals surface area contributed by atoms with E-state index in [-0.39, 0.29) is 5.91 Å². The van der Waals surface area contributed by atoms with Crippen LogP contribution in [0.15, 0.2) is 18.3 Å². The van der Waals surface area contributed by atoms with Crippen molar-refractivity contribution in [2.45, 2.75) is 32.9 Å². The molecule has 21 heavy (non-hydrogen) atoms. The molecule has 1 amide bonds. The number of pyridine rings is 1. The molecular weight excluding hydrogens is 270 g/mol. The Labute approximate surface area is 126 Å². The first kappa shape index (κ1) is 17.4. The summed E-state index contributed by atoms with van der Waals surface area (Å²) in [6, 6.07) is 3.70. The van der Waals surface area contributed by atoms with Gasteiger partial charge in [0.15, 0.2) is 6.10 Å². The fourth-order valence-electron chi connectivity index (χ4n) is 1.63. The topological polar surface area (TPSA) is 72.5 Å². The van der Waals surface area contributed by atoms with Crippen LogP contribution < -0.4 is 15.4 Å². The second-order valence-corrected chi connectivity index (χ2v) is 4.71. The van der Waals surface area contributed by atoms with E-state index in [0.29, 0.717) is 25.4 Å². The number of nitrogens with one attached hydrogen (secondary N) is 2. The maximum Gasteiger partial charge on any atom is 0.260 e. The van der Waals surface area contributed by atoms with Gasteiger partial charge in [0.1, 0.15) is 5.75 Å². The second kappa shape index (κ2) is 10.1. The van der Waals surface area contributed by atoms with Crippen LogP contribution in [-0.2, 0) is 16.1 Å². The summed E-state index contributed by atoms with van der Waals surface area (Å²) in [5.41, 5.74) is 0.918. The van der Waals surface area contributed by atoms with E-state index in [2.05, 4.69) is 15.6 Å². The van der Waals surface area contributed by atoms with Gasteiger partial charge in [0.05, 0.1) is 18.5 Å². The van der Waals surface area contributed by atoms with Crippen LogP contribution in [0.2, 0.25) is 0 Å². The first-order valence-electron chi connectivity index (χ1n) is 7.26. The normalized spacial score (nSPS) is 12.0. The van der Waals surface area contributed by atoms with E-state index in [1.54, 1.807) is 20.2 Å². The Kier molecular flexibility index (Phi) is 8.38. The summed E-state index contributed by atoms with van der Waals surface area (Å²) in [6.07, 6.45) is 2.02. The molecule has 6 heteroatoms. The molecule has 1 atom stereocenters. The van der Waals surface area contributed by atoms with Crippen molar-refractivity contribution in [3.05, 3.63) is 24.0 Å². The molecule has 6 nitrogen and oxygen atoms in total. The predicted octanol–water partition coefficient (Wildman–Crippen LogP) is 1.11. The molecule has 2 N–H and O–H groups in total. The van der Waals surface area contributed by atoms with Crippen LogP contribution in [0.5, 0.6) is 5.75 Å². The fraction of sp³-hybridized carbons (Fsp3) is 0.600. The summed E-state index contributed by atoms with van der Waals surface area (Å²) in [6.45, 7) is 6.53. The number of aromatic nitrogens is 1. The number of carbonyl (C=O) groups excluding carboxylic acids is 1. The number of amides is 1. The minimum absolute atomic E-state index is 0.109. The van der Waals surface area contributed by atoms with E-state index < -0.39 is 6.10 Å². The van der Waals surface area contributed by atoms with Gasteiger partial charge in [-0.15, -0.1) is 0 Å². The summed E-state index contributed by atoms with van der Waals surface area (Å²) < 4.78 is 10.5. The molecule has 0 fully saturated rings. The van der Waals surface area contributed by atoms with Crippen molar-refractivity contribution in [3.63, 3.8) is 0 Å². The minimum Gasteiger partial charge on any atom is -0.479 e. The van der Waals surface area contributed by atoms with Crippen molar-refractivity contribution in [3.8, 4) is 5.75 Å². The van der Waals surface area contributed by atoms with Crippen molar-refractivity contribution in [2.24, 2.45) is 0 Å².